The van der Waals surface area contributed by atoms with Gasteiger partial charge < -0.3 is 5.32 Å². The Morgan fingerprint density at radius 1 is 1.20 bits per heavy atom. The normalized spacial score (nSPS) is 10.9. The van der Waals surface area contributed by atoms with E-state index in [4.69, 9.17) is 0 Å². The van der Waals surface area contributed by atoms with Crippen molar-refractivity contribution in [3.8, 4) is 11.3 Å². The number of benzene rings is 1. The molecule has 25 heavy (non-hydrogen) atoms. The van der Waals surface area contributed by atoms with Gasteiger partial charge in [0.15, 0.2) is 0 Å². The largest absolute Gasteiger partial charge is 0.321 e. The summed E-state index contributed by atoms with van der Waals surface area (Å²) in [7, 11) is 0. The number of carbonyl (C=O) groups is 1. The van der Waals surface area contributed by atoms with Crippen molar-refractivity contribution in [2.45, 2.75) is 40.7 Å². The van der Waals surface area contributed by atoms with Gasteiger partial charge in [0.1, 0.15) is 5.69 Å². The summed E-state index contributed by atoms with van der Waals surface area (Å²) in [5, 5.41) is 7.67. The van der Waals surface area contributed by atoms with Crippen molar-refractivity contribution in [3.05, 3.63) is 57.4 Å². The van der Waals surface area contributed by atoms with Crippen LogP contribution in [0.5, 0.6) is 0 Å². The number of thiophene rings is 1. The van der Waals surface area contributed by atoms with Crippen LogP contribution in [0.4, 0.5) is 5.69 Å². The predicted molar refractivity (Wildman–Crippen MR) is 104 cm³/mol. The number of nitrogens with zero attached hydrogens (tertiary/aromatic N) is 2. The SMILES string of the molecule is CCCn1nc(-c2cc(C)sc2C)cc1C(=O)Nc1cccc(C)c1. The van der Waals surface area contributed by atoms with Crippen molar-refractivity contribution in [3.63, 3.8) is 0 Å². The first-order valence-electron chi connectivity index (χ1n) is 8.51. The maximum atomic E-state index is 12.8. The van der Waals surface area contributed by atoms with Gasteiger partial charge in [-0.25, -0.2) is 0 Å². The molecule has 0 bridgehead atoms. The molecule has 0 aliphatic carbocycles. The van der Waals surface area contributed by atoms with Crippen molar-refractivity contribution in [2.75, 3.05) is 5.32 Å². The summed E-state index contributed by atoms with van der Waals surface area (Å²) >= 11 is 1.76. The fourth-order valence-corrected chi connectivity index (χ4v) is 3.85. The zero-order valence-corrected chi connectivity index (χ0v) is 15.9. The summed E-state index contributed by atoms with van der Waals surface area (Å²) in [5.74, 6) is -0.123. The Balaban J connectivity index is 1.94. The van der Waals surface area contributed by atoms with E-state index in [0.717, 1.165) is 35.5 Å². The highest BCUT2D eigenvalue weighted by Crippen LogP contribution is 2.30. The molecule has 0 fully saturated rings. The van der Waals surface area contributed by atoms with Crippen LogP contribution in [0.3, 0.4) is 0 Å². The molecule has 3 rings (SSSR count). The third kappa shape index (κ3) is 3.82. The Kier molecular flexibility index (Phi) is 5.04. The lowest BCUT2D eigenvalue weighted by Gasteiger charge is -2.07. The summed E-state index contributed by atoms with van der Waals surface area (Å²) in [6.45, 7) is 9.01. The molecule has 5 heteroatoms. The highest BCUT2D eigenvalue weighted by atomic mass is 32.1. The number of rotatable bonds is 5. The summed E-state index contributed by atoms with van der Waals surface area (Å²) in [6, 6.07) is 11.9. The Morgan fingerprint density at radius 3 is 2.64 bits per heavy atom. The molecule has 4 nitrogen and oxygen atoms in total. The van der Waals surface area contributed by atoms with Gasteiger partial charge in [0.2, 0.25) is 0 Å². The highest BCUT2D eigenvalue weighted by Gasteiger charge is 2.18. The number of hydrogen-bond donors (Lipinski definition) is 1. The summed E-state index contributed by atoms with van der Waals surface area (Å²) in [4.78, 5) is 15.3. The van der Waals surface area contributed by atoms with E-state index in [1.54, 1.807) is 11.3 Å². The average molecular weight is 353 g/mol. The van der Waals surface area contributed by atoms with Crippen molar-refractivity contribution in [1.29, 1.82) is 0 Å². The Morgan fingerprint density at radius 2 is 2.00 bits per heavy atom. The van der Waals surface area contributed by atoms with Gasteiger partial charge in [0.05, 0.1) is 5.69 Å². The third-order valence-corrected chi connectivity index (χ3v) is 5.01. The zero-order chi connectivity index (χ0) is 18.0. The van der Waals surface area contributed by atoms with Crippen molar-refractivity contribution < 1.29 is 4.79 Å². The molecule has 1 amide bonds. The van der Waals surface area contributed by atoms with Crippen LogP contribution < -0.4 is 5.32 Å². The molecule has 130 valence electrons. The Hall–Kier alpha value is -2.40. The van der Waals surface area contributed by atoms with E-state index in [9.17, 15) is 4.79 Å². The van der Waals surface area contributed by atoms with E-state index >= 15 is 0 Å². The second-order valence-electron chi connectivity index (χ2n) is 6.29. The molecule has 2 heterocycles. The monoisotopic (exact) mass is 353 g/mol. The highest BCUT2D eigenvalue weighted by molar-refractivity contribution is 7.12. The number of nitrogens with one attached hydrogen (secondary N) is 1. The molecule has 0 aliphatic rings. The van der Waals surface area contributed by atoms with E-state index < -0.39 is 0 Å². The van der Waals surface area contributed by atoms with Crippen LogP contribution in [0.25, 0.3) is 11.3 Å². The quantitative estimate of drug-likeness (QED) is 0.685. The predicted octanol–water partition coefficient (Wildman–Crippen LogP) is 5.20. The first kappa shape index (κ1) is 17.4. The molecule has 2 aromatic heterocycles. The van der Waals surface area contributed by atoms with Gasteiger partial charge in [-0.05, 0) is 57.0 Å². The smallest absolute Gasteiger partial charge is 0.273 e. The molecule has 0 atom stereocenters. The summed E-state index contributed by atoms with van der Waals surface area (Å²) in [5.41, 5.74) is 4.50. The van der Waals surface area contributed by atoms with Gasteiger partial charge in [0.25, 0.3) is 5.91 Å². The molecule has 0 radical (unpaired) electrons. The minimum Gasteiger partial charge on any atom is -0.321 e. The van der Waals surface area contributed by atoms with Gasteiger partial charge in [0, 0.05) is 27.5 Å². The van der Waals surface area contributed by atoms with Crippen LogP contribution in [0.1, 0.15) is 39.2 Å². The number of amides is 1. The van der Waals surface area contributed by atoms with Crippen LogP contribution in [0.2, 0.25) is 0 Å². The van der Waals surface area contributed by atoms with E-state index in [1.165, 1.54) is 9.75 Å². The average Bonchev–Trinajstić information content (AvgIpc) is 3.10. The molecule has 0 unspecified atom stereocenters. The van der Waals surface area contributed by atoms with Crippen LogP contribution >= 0.6 is 11.3 Å². The van der Waals surface area contributed by atoms with Crippen LogP contribution in [-0.4, -0.2) is 15.7 Å². The van der Waals surface area contributed by atoms with Crippen LogP contribution in [-0.2, 0) is 6.54 Å². The third-order valence-electron chi connectivity index (χ3n) is 4.04. The van der Waals surface area contributed by atoms with Gasteiger partial charge in [-0.1, -0.05) is 19.1 Å². The molecule has 1 aromatic carbocycles. The van der Waals surface area contributed by atoms with E-state index in [2.05, 4.69) is 37.3 Å². The van der Waals surface area contributed by atoms with E-state index in [0.29, 0.717) is 5.69 Å². The second-order valence-corrected chi connectivity index (χ2v) is 7.75. The fraction of sp³-hybridized carbons (Fsp3) is 0.300. The van der Waals surface area contributed by atoms with Gasteiger partial charge in [-0.2, -0.15) is 5.10 Å². The Labute approximate surface area is 152 Å². The van der Waals surface area contributed by atoms with E-state index in [-0.39, 0.29) is 5.91 Å². The second kappa shape index (κ2) is 7.23. The first-order chi connectivity index (χ1) is 12.0. The van der Waals surface area contributed by atoms with E-state index in [1.807, 2.05) is 41.9 Å². The zero-order valence-electron chi connectivity index (χ0n) is 15.1. The van der Waals surface area contributed by atoms with Gasteiger partial charge >= 0.3 is 0 Å². The first-order valence-corrected chi connectivity index (χ1v) is 9.33. The molecular formula is C20H23N3OS. The standard InChI is InChI=1S/C20H23N3OS/c1-5-9-23-19(20(24)21-16-8-6-7-13(2)10-16)12-18(22-23)17-11-14(3)25-15(17)4/h6-8,10-12H,5,9H2,1-4H3,(H,21,24). The van der Waals surface area contributed by atoms with Crippen LogP contribution in [0, 0.1) is 20.8 Å². The minimum atomic E-state index is -0.123. The number of anilines is 1. The summed E-state index contributed by atoms with van der Waals surface area (Å²) < 4.78 is 1.81. The lowest BCUT2D eigenvalue weighted by Crippen LogP contribution is -2.17. The number of aryl methyl sites for hydroxylation is 4. The molecule has 1 N–H and O–H groups in total. The lowest BCUT2D eigenvalue weighted by atomic mass is 10.1. The molecular weight excluding hydrogens is 330 g/mol. The minimum absolute atomic E-state index is 0.123. The van der Waals surface area contributed by atoms with Crippen LogP contribution in [0.15, 0.2) is 36.4 Å². The fourth-order valence-electron chi connectivity index (χ4n) is 2.92. The van der Waals surface area contributed by atoms with Gasteiger partial charge in [-0.3, -0.25) is 9.48 Å². The lowest BCUT2D eigenvalue weighted by molar-refractivity contribution is 0.101. The van der Waals surface area contributed by atoms with Crippen molar-refractivity contribution >= 4 is 22.9 Å². The maximum Gasteiger partial charge on any atom is 0.273 e. The Bertz CT molecular complexity index is 908. The molecule has 0 saturated carbocycles. The summed E-state index contributed by atoms with van der Waals surface area (Å²) in [6.07, 6.45) is 0.924. The number of hydrogen-bond acceptors (Lipinski definition) is 3. The topological polar surface area (TPSA) is 46.9 Å². The molecule has 0 saturated heterocycles. The van der Waals surface area contributed by atoms with Gasteiger partial charge in [-0.15, -0.1) is 11.3 Å². The number of aromatic nitrogens is 2. The number of carbonyl (C=O) groups excluding carboxylic acids is 1. The molecule has 0 spiro atoms. The van der Waals surface area contributed by atoms with Crippen molar-refractivity contribution in [1.82, 2.24) is 9.78 Å². The maximum absolute atomic E-state index is 12.8. The molecule has 0 aliphatic heterocycles. The van der Waals surface area contributed by atoms with Crippen molar-refractivity contribution in [2.24, 2.45) is 0 Å². The molecule has 3 aromatic rings.